The number of nitrogens with one attached hydrogen (secondary N) is 2. The Balaban J connectivity index is 4.48. The second-order valence-corrected chi connectivity index (χ2v) is 4.27. The maximum Gasteiger partial charge on any atom is 0.326 e. The van der Waals surface area contributed by atoms with Crippen LogP contribution in [0.2, 0.25) is 0 Å². The second kappa shape index (κ2) is 8.95. The van der Waals surface area contributed by atoms with Crippen molar-refractivity contribution in [1.82, 2.24) is 15.5 Å². The topological polar surface area (TPSA) is 98.7 Å². The van der Waals surface area contributed by atoms with Gasteiger partial charge in [0.15, 0.2) is 0 Å². The first kappa shape index (κ1) is 17.9. The van der Waals surface area contributed by atoms with E-state index in [2.05, 4.69) is 17.2 Å². The van der Waals surface area contributed by atoms with Gasteiger partial charge in [-0.25, -0.2) is 9.59 Å². The van der Waals surface area contributed by atoms with Crippen LogP contribution < -0.4 is 10.6 Å². The summed E-state index contributed by atoms with van der Waals surface area (Å²) in [5, 5.41) is 13.6. The lowest BCUT2D eigenvalue weighted by atomic mass is 10.2. The molecule has 0 fully saturated rings. The van der Waals surface area contributed by atoms with Gasteiger partial charge in [0.25, 0.3) is 0 Å². The molecule has 3 N–H and O–H groups in total. The molecule has 0 saturated carbocycles. The number of carboxylic acids is 1. The molecule has 0 aromatic heterocycles. The molecule has 0 saturated heterocycles. The van der Waals surface area contributed by atoms with Gasteiger partial charge in [-0.15, -0.1) is 6.58 Å². The molecule has 0 aliphatic carbocycles. The van der Waals surface area contributed by atoms with Crippen molar-refractivity contribution >= 4 is 17.9 Å². The monoisotopic (exact) mass is 285 g/mol. The first-order chi connectivity index (χ1) is 9.37. The van der Waals surface area contributed by atoms with E-state index >= 15 is 0 Å². The van der Waals surface area contributed by atoms with Crippen molar-refractivity contribution in [2.45, 2.75) is 39.3 Å². The van der Waals surface area contributed by atoms with Crippen LogP contribution in [0.25, 0.3) is 0 Å². The number of urea groups is 1. The molecule has 0 aromatic carbocycles. The predicted octanol–water partition coefficient (Wildman–Crippen LogP) is 0.572. The van der Waals surface area contributed by atoms with Crippen molar-refractivity contribution in [2.75, 3.05) is 13.1 Å². The number of aliphatic carboxylic acids is 1. The summed E-state index contributed by atoms with van der Waals surface area (Å²) < 4.78 is 0. The van der Waals surface area contributed by atoms with Crippen LogP contribution in [0.15, 0.2) is 12.7 Å². The molecular formula is C13H23N3O4. The van der Waals surface area contributed by atoms with Crippen molar-refractivity contribution in [2.24, 2.45) is 0 Å². The largest absolute Gasteiger partial charge is 0.480 e. The van der Waals surface area contributed by atoms with Crippen molar-refractivity contribution in [3.63, 3.8) is 0 Å². The molecule has 2 unspecified atom stereocenters. The van der Waals surface area contributed by atoms with Crippen LogP contribution in [0, 0.1) is 0 Å². The smallest absolute Gasteiger partial charge is 0.326 e. The fourth-order valence-electron chi connectivity index (χ4n) is 1.66. The Kier molecular flexibility index (Phi) is 8.03. The number of nitrogens with zero attached hydrogens (tertiary/aromatic N) is 1. The summed E-state index contributed by atoms with van der Waals surface area (Å²) in [6.07, 6.45) is 1.52. The first-order valence-electron chi connectivity index (χ1n) is 6.56. The maximum atomic E-state index is 11.9. The van der Waals surface area contributed by atoms with E-state index in [1.807, 2.05) is 13.8 Å². The number of carbonyl (C=O) groups excluding carboxylic acids is 2. The van der Waals surface area contributed by atoms with Gasteiger partial charge in [0.2, 0.25) is 5.91 Å². The highest BCUT2D eigenvalue weighted by Crippen LogP contribution is 1.96. The minimum atomic E-state index is -1.15. The number of carboxylic acid groups (broad SMARTS) is 1. The highest BCUT2D eigenvalue weighted by molar-refractivity contribution is 5.88. The maximum absolute atomic E-state index is 11.9. The normalized spacial score (nSPS) is 12.9. The third kappa shape index (κ3) is 5.73. The van der Waals surface area contributed by atoms with Crippen LogP contribution in [0.3, 0.4) is 0 Å². The average molecular weight is 285 g/mol. The molecule has 0 radical (unpaired) electrons. The van der Waals surface area contributed by atoms with Crippen molar-refractivity contribution in [3.8, 4) is 0 Å². The van der Waals surface area contributed by atoms with Crippen LogP contribution >= 0.6 is 0 Å². The van der Waals surface area contributed by atoms with Crippen LogP contribution in [0.5, 0.6) is 0 Å². The SMILES string of the molecule is C=CCC(NC(=O)NC(C)C(=O)N(CC)CC)C(=O)O. The summed E-state index contributed by atoms with van der Waals surface area (Å²) >= 11 is 0. The number of hydrogen-bond acceptors (Lipinski definition) is 3. The summed E-state index contributed by atoms with van der Waals surface area (Å²) in [6, 6.07) is -2.46. The second-order valence-electron chi connectivity index (χ2n) is 4.27. The summed E-state index contributed by atoms with van der Waals surface area (Å²) in [4.78, 5) is 36.1. The first-order valence-corrected chi connectivity index (χ1v) is 6.56. The third-order valence-electron chi connectivity index (χ3n) is 2.80. The van der Waals surface area contributed by atoms with Gasteiger partial charge >= 0.3 is 12.0 Å². The zero-order valence-electron chi connectivity index (χ0n) is 12.2. The van der Waals surface area contributed by atoms with Gasteiger partial charge in [0.05, 0.1) is 0 Å². The summed E-state index contributed by atoms with van der Waals surface area (Å²) in [7, 11) is 0. The summed E-state index contributed by atoms with van der Waals surface area (Å²) in [5.74, 6) is -1.36. The van der Waals surface area contributed by atoms with E-state index in [0.717, 1.165) is 0 Å². The Hall–Kier alpha value is -2.05. The predicted molar refractivity (Wildman–Crippen MR) is 75.3 cm³/mol. The van der Waals surface area contributed by atoms with Gasteiger partial charge in [0.1, 0.15) is 12.1 Å². The van der Waals surface area contributed by atoms with Crippen LogP contribution in [0.1, 0.15) is 27.2 Å². The fraction of sp³-hybridized carbons (Fsp3) is 0.615. The van der Waals surface area contributed by atoms with E-state index < -0.39 is 24.1 Å². The van der Waals surface area contributed by atoms with Gasteiger partial charge in [-0.1, -0.05) is 6.08 Å². The molecule has 20 heavy (non-hydrogen) atoms. The zero-order valence-corrected chi connectivity index (χ0v) is 12.2. The molecule has 2 atom stereocenters. The number of amides is 3. The highest BCUT2D eigenvalue weighted by atomic mass is 16.4. The van der Waals surface area contributed by atoms with Gasteiger partial charge in [-0.3, -0.25) is 4.79 Å². The fourth-order valence-corrected chi connectivity index (χ4v) is 1.66. The standard InChI is InChI=1S/C13H23N3O4/c1-5-8-10(12(18)19)15-13(20)14-9(4)11(17)16(6-2)7-3/h5,9-10H,1,6-8H2,2-4H3,(H,18,19)(H2,14,15,20). The average Bonchev–Trinajstić information content (AvgIpc) is 2.39. The van der Waals surface area contributed by atoms with Crippen LogP contribution in [-0.4, -0.2) is 53.1 Å². The number of rotatable bonds is 8. The number of carbonyl (C=O) groups is 3. The van der Waals surface area contributed by atoms with E-state index in [9.17, 15) is 14.4 Å². The quantitative estimate of drug-likeness (QED) is 0.568. The molecule has 114 valence electrons. The van der Waals surface area contributed by atoms with E-state index in [1.165, 1.54) is 6.08 Å². The van der Waals surface area contributed by atoms with Crippen LogP contribution in [0.4, 0.5) is 4.79 Å². The van der Waals surface area contributed by atoms with Crippen molar-refractivity contribution in [3.05, 3.63) is 12.7 Å². The molecule has 7 nitrogen and oxygen atoms in total. The lowest BCUT2D eigenvalue weighted by molar-refractivity contribution is -0.139. The zero-order chi connectivity index (χ0) is 15.7. The summed E-state index contributed by atoms with van der Waals surface area (Å²) in [6.45, 7) is 9.79. The summed E-state index contributed by atoms with van der Waals surface area (Å²) in [5.41, 5.74) is 0. The Morgan fingerprint density at radius 1 is 1.25 bits per heavy atom. The van der Waals surface area contributed by atoms with Crippen molar-refractivity contribution in [1.29, 1.82) is 0 Å². The molecule has 0 spiro atoms. The molecule has 0 heterocycles. The van der Waals surface area contributed by atoms with Gasteiger partial charge in [-0.05, 0) is 27.2 Å². The van der Waals surface area contributed by atoms with E-state index in [-0.39, 0.29) is 12.3 Å². The lowest BCUT2D eigenvalue weighted by Crippen LogP contribution is -2.52. The minimum absolute atomic E-state index is 0.112. The Morgan fingerprint density at radius 3 is 2.20 bits per heavy atom. The van der Waals surface area contributed by atoms with Gasteiger partial charge < -0.3 is 20.6 Å². The van der Waals surface area contributed by atoms with E-state index in [1.54, 1.807) is 11.8 Å². The van der Waals surface area contributed by atoms with Crippen LogP contribution in [-0.2, 0) is 9.59 Å². The Bertz CT molecular complexity index is 367. The lowest BCUT2D eigenvalue weighted by Gasteiger charge is -2.24. The van der Waals surface area contributed by atoms with Gasteiger partial charge in [-0.2, -0.15) is 0 Å². The minimum Gasteiger partial charge on any atom is -0.480 e. The number of likely N-dealkylation sites (N-methyl/N-ethyl adjacent to an activating group) is 1. The molecule has 3 amide bonds. The number of hydrogen-bond donors (Lipinski definition) is 3. The molecule has 0 aliphatic heterocycles. The van der Waals surface area contributed by atoms with Gasteiger partial charge in [0, 0.05) is 13.1 Å². The molecule has 0 rings (SSSR count). The van der Waals surface area contributed by atoms with E-state index in [4.69, 9.17) is 5.11 Å². The Labute approximate surface area is 119 Å². The molecule has 0 bridgehead atoms. The Morgan fingerprint density at radius 2 is 1.80 bits per heavy atom. The molecular weight excluding hydrogens is 262 g/mol. The third-order valence-corrected chi connectivity index (χ3v) is 2.80. The molecule has 7 heteroatoms. The molecule has 0 aliphatic rings. The van der Waals surface area contributed by atoms with E-state index in [0.29, 0.717) is 13.1 Å². The van der Waals surface area contributed by atoms with Crippen molar-refractivity contribution < 1.29 is 19.5 Å². The molecule has 0 aromatic rings. The highest BCUT2D eigenvalue weighted by Gasteiger charge is 2.23.